The van der Waals surface area contributed by atoms with Crippen LogP contribution in [-0.2, 0) is 0 Å². The Morgan fingerprint density at radius 3 is 2.25 bits per heavy atom. The Balaban J connectivity index is 4.03. The van der Waals surface area contributed by atoms with Crippen LogP contribution in [0.15, 0.2) is 24.6 Å². The van der Waals surface area contributed by atoms with Crippen molar-refractivity contribution in [2.24, 2.45) is 0 Å². The van der Waals surface area contributed by atoms with Crippen molar-refractivity contribution in [2.45, 2.75) is 18.8 Å². The van der Waals surface area contributed by atoms with E-state index in [1.165, 1.54) is 0 Å². The predicted molar refractivity (Wildman–Crippen MR) is 35.0 cm³/mol. The first-order chi connectivity index (χ1) is 5.38. The van der Waals surface area contributed by atoms with Crippen LogP contribution in [0.2, 0.25) is 0 Å². The van der Waals surface area contributed by atoms with Crippen LogP contribution >= 0.6 is 0 Å². The van der Waals surface area contributed by atoms with Crippen LogP contribution in [0.25, 0.3) is 0 Å². The Kier molecular flexibility index (Phi) is 3.92. The largest absolute Gasteiger partial charge is 0.419 e. The molecule has 0 amide bonds. The van der Waals surface area contributed by atoms with E-state index in [-0.39, 0.29) is 0 Å². The van der Waals surface area contributed by atoms with E-state index < -0.39 is 24.6 Å². The van der Waals surface area contributed by atoms with E-state index in [1.807, 2.05) is 0 Å². The molecule has 0 radical (unpaired) electrons. The highest BCUT2D eigenvalue weighted by Gasteiger charge is 2.39. The van der Waals surface area contributed by atoms with E-state index >= 15 is 0 Å². The first kappa shape index (κ1) is 11.1. The second-order valence-corrected chi connectivity index (χ2v) is 2.04. The molecule has 0 bridgehead atoms. The molecular formula is C7H7F5. The molecule has 0 rings (SSSR count). The van der Waals surface area contributed by atoms with Crippen LogP contribution in [0.5, 0.6) is 0 Å². The van der Waals surface area contributed by atoms with E-state index in [2.05, 4.69) is 6.58 Å². The third kappa shape index (κ3) is 4.10. The summed E-state index contributed by atoms with van der Waals surface area (Å²) < 4.78 is 58.5. The molecular weight excluding hydrogens is 179 g/mol. The Labute approximate surface area is 66.4 Å². The molecule has 0 aliphatic carbocycles. The summed E-state index contributed by atoms with van der Waals surface area (Å²) >= 11 is 0. The van der Waals surface area contributed by atoms with Gasteiger partial charge in [0.2, 0.25) is 0 Å². The standard InChI is InChI=1S/C7H7F5/c1-2-5(8)3-4-6(9)7(10,11)12/h2-3,6H,1,4H2/b5-3+. The summed E-state index contributed by atoms with van der Waals surface area (Å²) in [7, 11) is 0. The van der Waals surface area contributed by atoms with Crippen molar-refractivity contribution in [3.8, 4) is 0 Å². The highest BCUT2D eigenvalue weighted by Crippen LogP contribution is 2.25. The van der Waals surface area contributed by atoms with Crippen LogP contribution in [0.1, 0.15) is 6.42 Å². The van der Waals surface area contributed by atoms with Crippen molar-refractivity contribution in [1.29, 1.82) is 0 Å². The van der Waals surface area contributed by atoms with Crippen molar-refractivity contribution in [3.05, 3.63) is 24.6 Å². The van der Waals surface area contributed by atoms with E-state index in [4.69, 9.17) is 0 Å². The Morgan fingerprint density at radius 2 is 1.92 bits per heavy atom. The summed E-state index contributed by atoms with van der Waals surface area (Å²) in [6, 6.07) is 0. The quantitative estimate of drug-likeness (QED) is 0.468. The molecule has 0 heterocycles. The summed E-state index contributed by atoms with van der Waals surface area (Å²) in [5, 5.41) is 0. The van der Waals surface area contributed by atoms with E-state index in [9.17, 15) is 22.0 Å². The van der Waals surface area contributed by atoms with E-state index in [0.29, 0.717) is 12.2 Å². The molecule has 0 saturated heterocycles. The van der Waals surface area contributed by atoms with Gasteiger partial charge in [-0.15, -0.1) is 0 Å². The van der Waals surface area contributed by atoms with Crippen LogP contribution in [0.4, 0.5) is 22.0 Å². The fraction of sp³-hybridized carbons (Fsp3) is 0.429. The third-order valence-electron chi connectivity index (χ3n) is 1.07. The maximum atomic E-state index is 12.1. The van der Waals surface area contributed by atoms with Gasteiger partial charge in [-0.3, -0.25) is 0 Å². The smallest absolute Gasteiger partial charge is 0.237 e. The maximum absolute atomic E-state index is 12.1. The van der Waals surface area contributed by atoms with E-state index in [1.54, 1.807) is 0 Å². The van der Waals surface area contributed by atoms with Gasteiger partial charge >= 0.3 is 6.18 Å². The van der Waals surface area contributed by atoms with Gasteiger partial charge in [0, 0.05) is 6.42 Å². The van der Waals surface area contributed by atoms with E-state index in [0.717, 1.165) is 0 Å². The molecule has 1 atom stereocenters. The van der Waals surface area contributed by atoms with Gasteiger partial charge in [-0.1, -0.05) is 6.58 Å². The molecule has 0 spiro atoms. The van der Waals surface area contributed by atoms with Gasteiger partial charge < -0.3 is 0 Å². The molecule has 0 aromatic carbocycles. The van der Waals surface area contributed by atoms with Crippen LogP contribution < -0.4 is 0 Å². The molecule has 0 aromatic rings. The first-order valence-corrected chi connectivity index (χ1v) is 3.06. The van der Waals surface area contributed by atoms with Crippen molar-refractivity contribution >= 4 is 0 Å². The van der Waals surface area contributed by atoms with Crippen LogP contribution in [0.3, 0.4) is 0 Å². The molecule has 0 N–H and O–H groups in total. The third-order valence-corrected chi connectivity index (χ3v) is 1.07. The lowest BCUT2D eigenvalue weighted by atomic mass is 10.2. The minimum absolute atomic E-state index is 0.505. The molecule has 0 nitrogen and oxygen atoms in total. The molecule has 1 unspecified atom stereocenters. The number of alkyl halides is 4. The Morgan fingerprint density at radius 1 is 1.42 bits per heavy atom. The average Bonchev–Trinajstić information content (AvgIpc) is 1.97. The van der Waals surface area contributed by atoms with Gasteiger partial charge in [0.05, 0.1) is 0 Å². The summed E-state index contributed by atoms with van der Waals surface area (Å²) in [4.78, 5) is 0. The maximum Gasteiger partial charge on any atom is 0.419 e. The average molecular weight is 186 g/mol. The van der Waals surface area contributed by atoms with Crippen molar-refractivity contribution in [1.82, 2.24) is 0 Å². The Hall–Kier alpha value is -0.870. The second-order valence-electron chi connectivity index (χ2n) is 2.04. The molecule has 0 fully saturated rings. The minimum atomic E-state index is -4.92. The highest BCUT2D eigenvalue weighted by atomic mass is 19.4. The number of halogens is 5. The molecule has 0 aliphatic heterocycles. The zero-order chi connectivity index (χ0) is 9.78. The Bertz CT molecular complexity index is 179. The fourth-order valence-corrected chi connectivity index (χ4v) is 0.433. The van der Waals surface area contributed by atoms with Crippen LogP contribution in [-0.4, -0.2) is 12.3 Å². The summed E-state index contributed by atoms with van der Waals surface area (Å²) in [6.07, 6.45) is -7.73. The number of allylic oxidation sites excluding steroid dienone is 3. The molecule has 0 aromatic heterocycles. The molecule has 0 saturated carbocycles. The highest BCUT2D eigenvalue weighted by molar-refractivity contribution is 5.07. The lowest BCUT2D eigenvalue weighted by molar-refractivity contribution is -0.179. The van der Waals surface area contributed by atoms with Crippen molar-refractivity contribution < 1.29 is 22.0 Å². The predicted octanol–water partition coefficient (Wildman–Crippen LogP) is 3.32. The van der Waals surface area contributed by atoms with Crippen molar-refractivity contribution in [2.75, 3.05) is 0 Å². The fourth-order valence-electron chi connectivity index (χ4n) is 0.433. The topological polar surface area (TPSA) is 0 Å². The molecule has 12 heavy (non-hydrogen) atoms. The second kappa shape index (κ2) is 4.23. The molecule has 70 valence electrons. The molecule has 5 heteroatoms. The van der Waals surface area contributed by atoms with Gasteiger partial charge in [-0.05, 0) is 12.2 Å². The van der Waals surface area contributed by atoms with Crippen LogP contribution in [0, 0.1) is 0 Å². The van der Waals surface area contributed by atoms with Gasteiger partial charge in [0.1, 0.15) is 5.83 Å². The van der Waals surface area contributed by atoms with Gasteiger partial charge in [0.25, 0.3) is 0 Å². The minimum Gasteiger partial charge on any atom is -0.237 e. The summed E-state index contributed by atoms with van der Waals surface area (Å²) in [6.45, 7) is 2.95. The SMILES string of the molecule is C=C/C(F)=C\CC(F)C(F)(F)F. The normalized spacial score (nSPS) is 15.9. The zero-order valence-corrected chi connectivity index (χ0v) is 6.04. The number of hydrogen-bond donors (Lipinski definition) is 0. The lowest BCUT2D eigenvalue weighted by Gasteiger charge is -2.08. The zero-order valence-electron chi connectivity index (χ0n) is 6.04. The molecule has 0 aliphatic rings. The first-order valence-electron chi connectivity index (χ1n) is 3.06. The van der Waals surface area contributed by atoms with Gasteiger partial charge in [0.15, 0.2) is 6.17 Å². The monoisotopic (exact) mass is 186 g/mol. The number of rotatable bonds is 3. The lowest BCUT2D eigenvalue weighted by Crippen LogP contribution is -2.23. The van der Waals surface area contributed by atoms with Crippen molar-refractivity contribution in [3.63, 3.8) is 0 Å². The number of hydrogen-bond acceptors (Lipinski definition) is 0. The van der Waals surface area contributed by atoms with Gasteiger partial charge in [-0.25, -0.2) is 8.78 Å². The summed E-state index contributed by atoms with van der Waals surface area (Å²) in [5.41, 5.74) is 0. The summed E-state index contributed by atoms with van der Waals surface area (Å²) in [5.74, 6) is -0.957. The van der Waals surface area contributed by atoms with Gasteiger partial charge in [-0.2, -0.15) is 13.2 Å².